The monoisotopic (exact) mass is 454 g/mol. The number of nitrogens with zero attached hydrogens (tertiary/aromatic N) is 7. The Bertz CT molecular complexity index is 964. The van der Waals surface area contributed by atoms with Crippen molar-refractivity contribution >= 4 is 35.3 Å². The maximum atomic E-state index is 11.7. The van der Waals surface area contributed by atoms with Gasteiger partial charge in [0.1, 0.15) is 11.2 Å². The van der Waals surface area contributed by atoms with E-state index in [0.717, 1.165) is 4.68 Å². The third kappa shape index (κ3) is 7.31. The second-order valence-electron chi connectivity index (χ2n) is 7.60. The van der Waals surface area contributed by atoms with Crippen molar-refractivity contribution < 1.29 is 0 Å². The van der Waals surface area contributed by atoms with Crippen LogP contribution in [0.2, 0.25) is 5.28 Å². The first-order chi connectivity index (χ1) is 13.8. The summed E-state index contributed by atoms with van der Waals surface area (Å²) in [6.45, 7) is 11.7. The lowest BCUT2D eigenvalue weighted by molar-refractivity contribution is 0.520. The molecular weight excluding hydrogens is 428 g/mol. The largest absolute Gasteiger partial charge is 0.354 e. The van der Waals surface area contributed by atoms with Gasteiger partial charge in [0.25, 0.3) is 5.56 Å². The molecule has 0 amide bonds. The number of aromatic nitrogens is 6. The number of nitrogens with two attached hydrogens (primary N) is 1. The van der Waals surface area contributed by atoms with Crippen LogP contribution in [0.1, 0.15) is 47.2 Å². The molecule has 0 aliphatic heterocycles. The number of halogens is 1. The Balaban J connectivity index is 0.000000303. The summed E-state index contributed by atoms with van der Waals surface area (Å²) in [5.41, 5.74) is -0.981. The summed E-state index contributed by atoms with van der Waals surface area (Å²) in [6.07, 6.45) is 1.80. The molecule has 11 nitrogen and oxygen atoms in total. The third-order valence-electron chi connectivity index (χ3n) is 3.40. The number of rotatable bonds is 5. The molecule has 2 aromatic heterocycles. The molecule has 2 aromatic rings. The van der Waals surface area contributed by atoms with Gasteiger partial charge in [0, 0.05) is 12.0 Å². The Morgan fingerprint density at radius 2 is 1.77 bits per heavy atom. The number of hydrogen-bond donors (Lipinski definition) is 3. The fraction of sp³-hybridized carbons (Fsp3) is 0.588. The summed E-state index contributed by atoms with van der Waals surface area (Å²) in [6, 6.07) is 2.09. The van der Waals surface area contributed by atoms with Gasteiger partial charge in [-0.3, -0.25) is 4.79 Å². The van der Waals surface area contributed by atoms with E-state index >= 15 is 0 Å². The van der Waals surface area contributed by atoms with Gasteiger partial charge in [-0.2, -0.15) is 24.9 Å². The molecule has 0 aliphatic carbocycles. The minimum atomic E-state index is -0.756. The van der Waals surface area contributed by atoms with Crippen LogP contribution in [-0.2, 0) is 5.41 Å². The van der Waals surface area contributed by atoms with Gasteiger partial charge in [0.05, 0.1) is 6.07 Å². The highest BCUT2D eigenvalue weighted by atomic mass is 35.5. The van der Waals surface area contributed by atoms with Crippen molar-refractivity contribution in [3.63, 3.8) is 0 Å². The van der Waals surface area contributed by atoms with E-state index in [1.165, 1.54) is 11.8 Å². The van der Waals surface area contributed by atoms with Crippen LogP contribution in [0.15, 0.2) is 9.95 Å². The SMILES string of the molecule is CCNc1nc(Cl)nc(NC(C)(C)C#N)n1.CSc1nnc(C(C)(C)C)c(=O)n1N. The summed E-state index contributed by atoms with van der Waals surface area (Å²) in [5.74, 6) is 6.24. The first-order valence-corrected chi connectivity index (χ1v) is 10.6. The van der Waals surface area contributed by atoms with E-state index in [-0.39, 0.29) is 22.2 Å². The van der Waals surface area contributed by atoms with E-state index in [9.17, 15) is 4.79 Å². The van der Waals surface area contributed by atoms with Crippen LogP contribution >= 0.6 is 23.4 Å². The molecule has 30 heavy (non-hydrogen) atoms. The van der Waals surface area contributed by atoms with Gasteiger partial charge in [-0.25, -0.2) is 0 Å². The van der Waals surface area contributed by atoms with Gasteiger partial charge >= 0.3 is 0 Å². The van der Waals surface area contributed by atoms with Gasteiger partial charge in [-0.15, -0.1) is 10.2 Å². The maximum Gasteiger partial charge on any atom is 0.295 e. The molecule has 0 fully saturated rings. The third-order valence-corrected chi connectivity index (χ3v) is 4.22. The fourth-order valence-corrected chi connectivity index (χ4v) is 2.51. The van der Waals surface area contributed by atoms with Gasteiger partial charge in [-0.05, 0) is 38.6 Å². The highest BCUT2D eigenvalue weighted by Gasteiger charge is 2.22. The zero-order valence-corrected chi connectivity index (χ0v) is 19.7. The van der Waals surface area contributed by atoms with Crippen molar-refractivity contribution in [3.8, 4) is 6.07 Å². The minimum Gasteiger partial charge on any atom is -0.354 e. The van der Waals surface area contributed by atoms with Gasteiger partial charge in [-0.1, -0.05) is 32.5 Å². The molecule has 2 heterocycles. The van der Waals surface area contributed by atoms with Crippen LogP contribution in [-0.4, -0.2) is 48.2 Å². The standard InChI is InChI=1S/C9H13ClN6.C8H14N4OS/c1-4-12-7-13-6(10)14-8(15-7)16-9(2,3)5-11;1-8(2,3)5-6(13)12(9)7(14-4)11-10-5/h4H2,1-3H3,(H2,12,13,14,15,16);9H2,1-4H3. The molecule has 4 N–H and O–H groups in total. The maximum absolute atomic E-state index is 11.7. The van der Waals surface area contributed by atoms with Crippen molar-refractivity contribution in [2.45, 2.75) is 57.7 Å². The molecule has 0 aromatic carbocycles. The molecule has 0 spiro atoms. The summed E-state index contributed by atoms with van der Waals surface area (Å²) in [7, 11) is 0. The van der Waals surface area contributed by atoms with Crippen molar-refractivity contribution in [1.82, 2.24) is 29.8 Å². The average Bonchev–Trinajstić information content (AvgIpc) is 2.63. The lowest BCUT2D eigenvalue weighted by atomic mass is 9.93. The topological polar surface area (TPSA) is 160 Å². The Labute approximate surface area is 184 Å². The average molecular weight is 455 g/mol. The fourth-order valence-electron chi connectivity index (χ4n) is 1.95. The van der Waals surface area contributed by atoms with Crippen molar-refractivity contribution in [3.05, 3.63) is 21.3 Å². The zero-order chi connectivity index (χ0) is 23.1. The van der Waals surface area contributed by atoms with Crippen molar-refractivity contribution in [1.29, 1.82) is 5.26 Å². The summed E-state index contributed by atoms with van der Waals surface area (Å²) in [4.78, 5) is 23.6. The lowest BCUT2D eigenvalue weighted by Crippen LogP contribution is -2.37. The highest BCUT2D eigenvalue weighted by molar-refractivity contribution is 7.98. The molecule has 0 unspecified atom stereocenters. The molecule has 0 saturated heterocycles. The molecule has 13 heteroatoms. The second-order valence-corrected chi connectivity index (χ2v) is 8.72. The second kappa shape index (κ2) is 10.4. The van der Waals surface area contributed by atoms with Crippen molar-refractivity contribution in [2.24, 2.45) is 0 Å². The highest BCUT2D eigenvalue weighted by Crippen LogP contribution is 2.16. The number of hydrogen-bond acceptors (Lipinski definition) is 11. The molecular formula is C17H27ClN10OS. The quantitative estimate of drug-likeness (QED) is 0.447. The van der Waals surface area contributed by atoms with E-state index in [4.69, 9.17) is 22.7 Å². The van der Waals surface area contributed by atoms with Crippen LogP contribution in [0.25, 0.3) is 0 Å². The van der Waals surface area contributed by atoms with Gasteiger partial charge < -0.3 is 16.5 Å². The number of thioether (sulfide) groups is 1. The Kier molecular flexibility index (Phi) is 8.80. The molecule has 164 valence electrons. The number of nitrogen functional groups attached to an aromatic ring is 1. The Hall–Kier alpha value is -2.65. The number of anilines is 2. The van der Waals surface area contributed by atoms with Crippen LogP contribution in [0.3, 0.4) is 0 Å². The lowest BCUT2D eigenvalue weighted by Gasteiger charge is -2.17. The van der Waals surface area contributed by atoms with Crippen molar-refractivity contribution in [2.75, 3.05) is 29.3 Å². The Morgan fingerprint density at radius 1 is 1.17 bits per heavy atom. The number of nitrogens with one attached hydrogen (secondary N) is 2. The molecule has 0 atom stereocenters. The van der Waals surface area contributed by atoms with Gasteiger partial charge in [0.2, 0.25) is 22.3 Å². The van der Waals surface area contributed by atoms with E-state index in [1.54, 1.807) is 20.1 Å². The first kappa shape index (κ1) is 25.4. The molecule has 0 radical (unpaired) electrons. The molecule has 0 aliphatic rings. The Morgan fingerprint density at radius 3 is 2.27 bits per heavy atom. The predicted molar refractivity (Wildman–Crippen MR) is 119 cm³/mol. The summed E-state index contributed by atoms with van der Waals surface area (Å²) in [5, 5.41) is 22.9. The number of nitriles is 1. The molecule has 0 saturated carbocycles. The van der Waals surface area contributed by atoms with Crippen LogP contribution in [0.4, 0.5) is 11.9 Å². The van der Waals surface area contributed by atoms with Crippen LogP contribution < -0.4 is 22.0 Å². The van der Waals surface area contributed by atoms with Crippen LogP contribution in [0, 0.1) is 11.3 Å². The van der Waals surface area contributed by atoms with E-state index < -0.39 is 5.54 Å². The molecule has 0 bridgehead atoms. The summed E-state index contributed by atoms with van der Waals surface area (Å²) >= 11 is 7.03. The van der Waals surface area contributed by atoms with E-state index in [1.807, 2.05) is 27.7 Å². The van der Waals surface area contributed by atoms with E-state index in [0.29, 0.717) is 23.3 Å². The summed E-state index contributed by atoms with van der Waals surface area (Å²) < 4.78 is 1.04. The van der Waals surface area contributed by atoms with Gasteiger partial charge in [0.15, 0.2) is 0 Å². The van der Waals surface area contributed by atoms with Crippen LogP contribution in [0.5, 0.6) is 0 Å². The normalized spacial score (nSPS) is 11.2. The predicted octanol–water partition coefficient (Wildman–Crippen LogP) is 2.04. The minimum absolute atomic E-state index is 0.0854. The molecule has 2 rings (SSSR count). The first-order valence-electron chi connectivity index (χ1n) is 8.98. The van der Waals surface area contributed by atoms with E-state index in [2.05, 4.69) is 41.9 Å². The smallest absolute Gasteiger partial charge is 0.295 e. The zero-order valence-electron chi connectivity index (χ0n) is 18.1.